The van der Waals surface area contributed by atoms with Crippen LogP contribution in [-0.2, 0) is 4.79 Å². The monoisotopic (exact) mass is 412 g/mol. The van der Waals surface area contributed by atoms with E-state index >= 15 is 0 Å². The van der Waals surface area contributed by atoms with Crippen molar-refractivity contribution in [1.82, 2.24) is 10.2 Å². The molecule has 2 aliphatic carbocycles. The normalized spacial score (nSPS) is 29.4. The van der Waals surface area contributed by atoms with E-state index in [2.05, 4.69) is 47.5 Å². The molecule has 2 saturated carbocycles. The van der Waals surface area contributed by atoms with Crippen LogP contribution in [0, 0.1) is 5.92 Å². The van der Waals surface area contributed by atoms with Crippen LogP contribution >= 0.6 is 0 Å². The summed E-state index contributed by atoms with van der Waals surface area (Å²) in [5, 5.41) is 13.8. The van der Waals surface area contributed by atoms with E-state index in [1.807, 2.05) is 0 Å². The van der Waals surface area contributed by atoms with Crippen molar-refractivity contribution in [3.8, 4) is 0 Å². The number of carboxylic acids is 1. The molecule has 3 atom stereocenters. The standard InChI is InChI=1S/C26H40N2O2/c1-20(21-10-4-2-5-11-21)27-26(25(29)30)16-18-28(19-17-26)24-15-9-8-14-23(24)22-12-6-3-7-13-22/h3,6-7,12-13,20-21,23-24,27H,2,4-5,8-11,14-19H2,1H3,(H,29,30). The van der Waals surface area contributed by atoms with E-state index in [0.29, 0.717) is 23.9 Å². The number of aliphatic carboxylic acids is 1. The second kappa shape index (κ2) is 9.82. The smallest absolute Gasteiger partial charge is 0.324 e. The Hall–Kier alpha value is -1.39. The minimum Gasteiger partial charge on any atom is -0.480 e. The number of nitrogens with zero attached hydrogens (tertiary/aromatic N) is 1. The summed E-state index contributed by atoms with van der Waals surface area (Å²) in [6, 6.07) is 11.8. The quantitative estimate of drug-likeness (QED) is 0.675. The van der Waals surface area contributed by atoms with Crippen LogP contribution in [0.4, 0.5) is 0 Å². The van der Waals surface area contributed by atoms with Crippen LogP contribution in [0.15, 0.2) is 30.3 Å². The number of carboxylic acid groups (broad SMARTS) is 1. The summed E-state index contributed by atoms with van der Waals surface area (Å²) in [6.07, 6.45) is 13.0. The van der Waals surface area contributed by atoms with E-state index in [9.17, 15) is 9.90 Å². The molecule has 0 bridgehead atoms. The van der Waals surface area contributed by atoms with Crippen LogP contribution in [0.2, 0.25) is 0 Å². The maximum Gasteiger partial charge on any atom is 0.324 e. The van der Waals surface area contributed by atoms with Crippen molar-refractivity contribution in [2.24, 2.45) is 5.92 Å². The first-order chi connectivity index (χ1) is 14.6. The second-order valence-corrected chi connectivity index (χ2v) is 10.1. The number of carbonyl (C=O) groups is 1. The fourth-order valence-electron chi connectivity index (χ4n) is 6.48. The summed E-state index contributed by atoms with van der Waals surface area (Å²) in [5.41, 5.74) is 0.714. The number of likely N-dealkylation sites (tertiary alicyclic amines) is 1. The molecule has 3 aliphatic rings. The van der Waals surface area contributed by atoms with Gasteiger partial charge in [0.15, 0.2) is 0 Å². The van der Waals surface area contributed by atoms with E-state index in [4.69, 9.17) is 0 Å². The van der Waals surface area contributed by atoms with Gasteiger partial charge in [-0.2, -0.15) is 0 Å². The second-order valence-electron chi connectivity index (χ2n) is 10.1. The summed E-state index contributed by atoms with van der Waals surface area (Å²) >= 11 is 0. The molecule has 4 nitrogen and oxygen atoms in total. The van der Waals surface area contributed by atoms with Gasteiger partial charge in [0.2, 0.25) is 0 Å². The Kier molecular flexibility index (Phi) is 7.15. The Labute approximate surface area is 182 Å². The van der Waals surface area contributed by atoms with Crippen molar-refractivity contribution in [1.29, 1.82) is 0 Å². The largest absolute Gasteiger partial charge is 0.480 e. The van der Waals surface area contributed by atoms with Gasteiger partial charge in [-0.1, -0.05) is 62.4 Å². The van der Waals surface area contributed by atoms with Crippen molar-refractivity contribution in [3.05, 3.63) is 35.9 Å². The molecule has 1 saturated heterocycles. The molecule has 0 radical (unpaired) electrons. The zero-order chi connectivity index (χ0) is 21.0. The molecule has 1 heterocycles. The third kappa shape index (κ3) is 4.75. The zero-order valence-electron chi connectivity index (χ0n) is 18.7. The molecule has 1 aliphatic heterocycles. The Bertz CT molecular complexity index is 678. The molecule has 166 valence electrons. The molecule has 1 aromatic carbocycles. The van der Waals surface area contributed by atoms with Crippen molar-refractivity contribution in [2.75, 3.05) is 13.1 Å². The van der Waals surface area contributed by atoms with Crippen LogP contribution in [0.5, 0.6) is 0 Å². The Morgan fingerprint density at radius 3 is 2.30 bits per heavy atom. The molecule has 0 spiro atoms. The highest BCUT2D eigenvalue weighted by Crippen LogP contribution is 2.38. The van der Waals surface area contributed by atoms with Crippen LogP contribution in [0.25, 0.3) is 0 Å². The lowest BCUT2D eigenvalue weighted by molar-refractivity contribution is -0.148. The topological polar surface area (TPSA) is 52.6 Å². The molecule has 3 unspecified atom stereocenters. The summed E-state index contributed by atoms with van der Waals surface area (Å²) in [7, 11) is 0. The number of nitrogens with one attached hydrogen (secondary N) is 1. The van der Waals surface area contributed by atoms with Crippen molar-refractivity contribution in [3.63, 3.8) is 0 Å². The lowest BCUT2D eigenvalue weighted by atomic mass is 9.77. The van der Waals surface area contributed by atoms with Crippen LogP contribution < -0.4 is 5.32 Å². The van der Waals surface area contributed by atoms with Gasteiger partial charge < -0.3 is 5.11 Å². The molecular weight excluding hydrogens is 372 g/mol. The van der Waals surface area contributed by atoms with Gasteiger partial charge in [-0.15, -0.1) is 0 Å². The molecule has 4 heteroatoms. The average Bonchev–Trinajstić information content (AvgIpc) is 2.80. The van der Waals surface area contributed by atoms with Gasteiger partial charge in [0, 0.05) is 25.2 Å². The molecule has 0 amide bonds. The van der Waals surface area contributed by atoms with Crippen molar-refractivity contribution >= 4 is 5.97 Å². The zero-order valence-corrected chi connectivity index (χ0v) is 18.7. The summed E-state index contributed by atoms with van der Waals surface area (Å²) in [6.45, 7) is 4.01. The summed E-state index contributed by atoms with van der Waals surface area (Å²) in [4.78, 5) is 15.0. The third-order valence-electron chi connectivity index (χ3n) is 8.35. The van der Waals surface area contributed by atoms with Gasteiger partial charge in [-0.3, -0.25) is 15.0 Å². The van der Waals surface area contributed by atoms with E-state index in [1.54, 1.807) is 0 Å². The molecule has 2 N–H and O–H groups in total. The third-order valence-corrected chi connectivity index (χ3v) is 8.35. The molecule has 0 aromatic heterocycles. The van der Waals surface area contributed by atoms with E-state index in [-0.39, 0.29) is 0 Å². The molecule has 4 rings (SSSR count). The van der Waals surface area contributed by atoms with Gasteiger partial charge in [0.05, 0.1) is 0 Å². The molecular formula is C26H40N2O2. The maximum atomic E-state index is 12.4. The van der Waals surface area contributed by atoms with E-state index in [0.717, 1.165) is 25.9 Å². The van der Waals surface area contributed by atoms with Gasteiger partial charge >= 0.3 is 5.97 Å². The average molecular weight is 413 g/mol. The lowest BCUT2D eigenvalue weighted by Gasteiger charge is -2.47. The number of piperidine rings is 1. The Balaban J connectivity index is 1.41. The highest BCUT2D eigenvalue weighted by Gasteiger charge is 2.45. The van der Waals surface area contributed by atoms with Crippen molar-refractivity contribution in [2.45, 2.75) is 101 Å². The Morgan fingerprint density at radius 1 is 1.00 bits per heavy atom. The van der Waals surface area contributed by atoms with Crippen molar-refractivity contribution < 1.29 is 9.90 Å². The van der Waals surface area contributed by atoms with Gasteiger partial charge in [-0.25, -0.2) is 0 Å². The van der Waals surface area contributed by atoms with Gasteiger partial charge in [0.25, 0.3) is 0 Å². The predicted molar refractivity (Wildman–Crippen MR) is 122 cm³/mol. The lowest BCUT2D eigenvalue weighted by Crippen LogP contribution is -2.63. The molecule has 1 aromatic rings. The number of hydrogen-bond donors (Lipinski definition) is 2. The number of hydrogen-bond acceptors (Lipinski definition) is 3. The first-order valence-electron chi connectivity index (χ1n) is 12.4. The van der Waals surface area contributed by atoms with Gasteiger partial charge in [-0.05, 0) is 62.8 Å². The minimum atomic E-state index is -0.746. The molecule has 30 heavy (non-hydrogen) atoms. The maximum absolute atomic E-state index is 12.4. The summed E-state index contributed by atoms with van der Waals surface area (Å²) in [5.74, 6) is 0.577. The highest BCUT2D eigenvalue weighted by molar-refractivity contribution is 5.79. The number of benzene rings is 1. The van der Waals surface area contributed by atoms with E-state index < -0.39 is 11.5 Å². The fourth-order valence-corrected chi connectivity index (χ4v) is 6.48. The minimum absolute atomic E-state index is 0.291. The van der Waals surface area contributed by atoms with Crippen LogP contribution in [0.3, 0.4) is 0 Å². The summed E-state index contributed by atoms with van der Waals surface area (Å²) < 4.78 is 0. The van der Waals surface area contributed by atoms with Crippen LogP contribution in [0.1, 0.15) is 89.0 Å². The van der Waals surface area contributed by atoms with Crippen LogP contribution in [-0.4, -0.2) is 46.7 Å². The first-order valence-corrected chi connectivity index (χ1v) is 12.4. The first kappa shape index (κ1) is 21.8. The van der Waals surface area contributed by atoms with E-state index in [1.165, 1.54) is 63.4 Å². The predicted octanol–water partition coefficient (Wildman–Crippen LogP) is 5.19. The van der Waals surface area contributed by atoms with Gasteiger partial charge in [0.1, 0.15) is 5.54 Å². The molecule has 3 fully saturated rings. The highest BCUT2D eigenvalue weighted by atomic mass is 16.4. The Morgan fingerprint density at radius 2 is 1.63 bits per heavy atom. The fraction of sp³-hybridized carbons (Fsp3) is 0.731. The SMILES string of the molecule is CC(NC1(C(=O)O)CCN(C2CCCCC2c2ccccc2)CC1)C1CCCCC1. The number of rotatable bonds is 6.